The standard InChI is InChI=1S/C11H13ClFNO5S/c1-11(2,7-20(12,17)18)6-19-8-3-4-10(14(15)16)9(13)5-8/h3-5H,6-7H2,1-2H3. The molecule has 112 valence electrons. The van der Waals surface area contributed by atoms with Crippen LogP contribution >= 0.6 is 10.7 Å². The Morgan fingerprint density at radius 1 is 1.45 bits per heavy atom. The largest absolute Gasteiger partial charge is 0.493 e. The summed E-state index contributed by atoms with van der Waals surface area (Å²) >= 11 is 0. The Labute approximate surface area is 120 Å². The van der Waals surface area contributed by atoms with Gasteiger partial charge in [0.15, 0.2) is 0 Å². The van der Waals surface area contributed by atoms with Gasteiger partial charge in [-0.05, 0) is 6.07 Å². The Hall–Kier alpha value is -1.41. The fourth-order valence-corrected chi connectivity index (χ4v) is 3.42. The second kappa shape index (κ2) is 5.92. The molecule has 0 radical (unpaired) electrons. The van der Waals surface area contributed by atoms with Gasteiger partial charge in [0.1, 0.15) is 5.75 Å². The molecular formula is C11H13ClFNO5S. The van der Waals surface area contributed by atoms with E-state index in [9.17, 15) is 22.9 Å². The lowest BCUT2D eigenvalue weighted by Gasteiger charge is -2.22. The zero-order valence-corrected chi connectivity index (χ0v) is 12.4. The van der Waals surface area contributed by atoms with E-state index in [2.05, 4.69) is 0 Å². The highest BCUT2D eigenvalue weighted by Crippen LogP contribution is 2.25. The van der Waals surface area contributed by atoms with Gasteiger partial charge in [-0.1, -0.05) is 13.8 Å². The summed E-state index contributed by atoms with van der Waals surface area (Å²) in [6.45, 7) is 3.21. The lowest BCUT2D eigenvalue weighted by Crippen LogP contribution is -2.28. The van der Waals surface area contributed by atoms with Gasteiger partial charge in [0.2, 0.25) is 14.9 Å². The van der Waals surface area contributed by atoms with E-state index in [1.54, 1.807) is 13.8 Å². The summed E-state index contributed by atoms with van der Waals surface area (Å²) in [6, 6.07) is 3.10. The molecule has 0 heterocycles. The first-order valence-electron chi connectivity index (χ1n) is 5.49. The molecule has 0 unspecified atom stereocenters. The summed E-state index contributed by atoms with van der Waals surface area (Å²) in [6.07, 6.45) is 0. The fraction of sp³-hybridized carbons (Fsp3) is 0.455. The molecule has 0 N–H and O–H groups in total. The SMILES string of the molecule is CC(C)(COc1ccc([N+](=O)[O-])c(F)c1)CS(=O)(=O)Cl. The van der Waals surface area contributed by atoms with Crippen LogP contribution in [0.25, 0.3) is 0 Å². The third-order valence-corrected chi connectivity index (χ3v) is 3.76. The summed E-state index contributed by atoms with van der Waals surface area (Å²) in [5, 5.41) is 10.5. The number of benzene rings is 1. The molecule has 0 spiro atoms. The van der Waals surface area contributed by atoms with Crippen molar-refractivity contribution in [3.8, 4) is 5.75 Å². The average Bonchev–Trinajstić information content (AvgIpc) is 2.22. The first-order valence-corrected chi connectivity index (χ1v) is 7.97. The Morgan fingerprint density at radius 3 is 2.50 bits per heavy atom. The van der Waals surface area contributed by atoms with Gasteiger partial charge in [0.25, 0.3) is 0 Å². The van der Waals surface area contributed by atoms with Crippen molar-refractivity contribution in [2.45, 2.75) is 13.8 Å². The minimum absolute atomic E-state index is 0.0315. The summed E-state index contributed by atoms with van der Waals surface area (Å²) in [5.41, 5.74) is -1.43. The van der Waals surface area contributed by atoms with Crippen LogP contribution in [0.4, 0.5) is 10.1 Å². The van der Waals surface area contributed by atoms with Gasteiger partial charge in [-0.3, -0.25) is 10.1 Å². The van der Waals surface area contributed by atoms with Crippen molar-refractivity contribution in [2.24, 2.45) is 5.41 Å². The molecule has 1 aromatic carbocycles. The number of ether oxygens (including phenoxy) is 1. The van der Waals surface area contributed by atoms with Crippen molar-refractivity contribution in [1.29, 1.82) is 0 Å². The smallest absolute Gasteiger partial charge is 0.305 e. The second-order valence-electron chi connectivity index (χ2n) is 5.01. The van der Waals surface area contributed by atoms with Gasteiger partial charge in [0, 0.05) is 28.2 Å². The van der Waals surface area contributed by atoms with E-state index in [1.165, 1.54) is 6.07 Å². The molecule has 0 aliphatic carbocycles. The van der Waals surface area contributed by atoms with E-state index in [0.717, 1.165) is 12.1 Å². The number of rotatable bonds is 6. The molecule has 9 heteroatoms. The molecule has 1 rings (SSSR count). The molecule has 0 bridgehead atoms. The highest BCUT2D eigenvalue weighted by molar-refractivity contribution is 8.13. The first kappa shape index (κ1) is 16.6. The van der Waals surface area contributed by atoms with Crippen molar-refractivity contribution in [3.05, 3.63) is 34.1 Å². The summed E-state index contributed by atoms with van der Waals surface area (Å²) in [5.74, 6) is -1.25. The first-order chi connectivity index (χ1) is 9.00. The maximum atomic E-state index is 13.4. The topological polar surface area (TPSA) is 86.5 Å². The van der Waals surface area contributed by atoms with E-state index in [0.29, 0.717) is 0 Å². The van der Waals surface area contributed by atoms with Crippen molar-refractivity contribution < 1.29 is 22.5 Å². The maximum absolute atomic E-state index is 13.4. The third-order valence-electron chi connectivity index (χ3n) is 2.31. The molecule has 0 fully saturated rings. The van der Waals surface area contributed by atoms with Crippen molar-refractivity contribution in [2.75, 3.05) is 12.4 Å². The lowest BCUT2D eigenvalue weighted by molar-refractivity contribution is -0.387. The molecule has 20 heavy (non-hydrogen) atoms. The van der Waals surface area contributed by atoms with Crippen LogP contribution in [0.2, 0.25) is 0 Å². The fourth-order valence-electron chi connectivity index (χ4n) is 1.51. The molecule has 6 nitrogen and oxygen atoms in total. The zero-order valence-electron chi connectivity index (χ0n) is 10.8. The summed E-state index contributed by atoms with van der Waals surface area (Å²) < 4.78 is 40.6. The Bertz CT molecular complexity index is 617. The van der Waals surface area contributed by atoms with Gasteiger partial charge in [0.05, 0.1) is 17.3 Å². The zero-order chi connectivity index (χ0) is 15.6. The lowest BCUT2D eigenvalue weighted by atomic mass is 9.98. The normalized spacial score (nSPS) is 12.2. The van der Waals surface area contributed by atoms with Crippen LogP contribution in [0, 0.1) is 21.3 Å². The van der Waals surface area contributed by atoms with E-state index < -0.39 is 30.9 Å². The average molecular weight is 326 g/mol. The number of nitrogens with zero attached hydrogens (tertiary/aromatic N) is 1. The minimum atomic E-state index is -3.68. The number of halogens is 2. The Balaban J connectivity index is 2.76. The van der Waals surface area contributed by atoms with E-state index in [1.807, 2.05) is 0 Å². The molecule has 0 amide bonds. The van der Waals surface area contributed by atoms with Crippen molar-refractivity contribution >= 4 is 25.4 Å². The quantitative estimate of drug-likeness (QED) is 0.456. The third kappa shape index (κ3) is 5.30. The van der Waals surface area contributed by atoms with E-state index in [-0.39, 0.29) is 18.1 Å². The van der Waals surface area contributed by atoms with Crippen LogP contribution in [0.1, 0.15) is 13.8 Å². The molecule has 0 saturated carbocycles. The van der Waals surface area contributed by atoms with Crippen molar-refractivity contribution in [1.82, 2.24) is 0 Å². The molecule has 0 aromatic heterocycles. The van der Waals surface area contributed by atoms with E-state index >= 15 is 0 Å². The van der Waals surface area contributed by atoms with Crippen LogP contribution in [-0.4, -0.2) is 25.7 Å². The molecule has 0 saturated heterocycles. The van der Waals surface area contributed by atoms with Crippen LogP contribution in [0.15, 0.2) is 18.2 Å². The Morgan fingerprint density at radius 2 is 2.05 bits per heavy atom. The Kier molecular flexibility index (Phi) is 4.93. The minimum Gasteiger partial charge on any atom is -0.493 e. The predicted octanol–water partition coefficient (Wildman–Crippen LogP) is 2.71. The molecule has 0 aliphatic rings. The molecule has 0 atom stereocenters. The highest BCUT2D eigenvalue weighted by Gasteiger charge is 2.26. The summed E-state index contributed by atoms with van der Waals surface area (Å²) in [4.78, 5) is 9.61. The number of hydrogen-bond donors (Lipinski definition) is 0. The van der Waals surface area contributed by atoms with Crippen LogP contribution in [0.5, 0.6) is 5.75 Å². The van der Waals surface area contributed by atoms with Gasteiger partial charge in [-0.15, -0.1) is 0 Å². The number of nitro benzene ring substituents is 1. The van der Waals surface area contributed by atoms with Crippen LogP contribution in [0.3, 0.4) is 0 Å². The van der Waals surface area contributed by atoms with Crippen LogP contribution < -0.4 is 4.74 Å². The van der Waals surface area contributed by atoms with Gasteiger partial charge in [-0.2, -0.15) is 4.39 Å². The maximum Gasteiger partial charge on any atom is 0.305 e. The molecular weight excluding hydrogens is 313 g/mol. The summed E-state index contributed by atoms with van der Waals surface area (Å²) in [7, 11) is 1.48. The van der Waals surface area contributed by atoms with Gasteiger partial charge < -0.3 is 4.74 Å². The number of hydrogen-bond acceptors (Lipinski definition) is 5. The second-order valence-corrected chi connectivity index (χ2v) is 7.78. The number of nitro groups is 1. The molecule has 0 aliphatic heterocycles. The van der Waals surface area contributed by atoms with E-state index in [4.69, 9.17) is 15.4 Å². The van der Waals surface area contributed by atoms with Crippen LogP contribution in [-0.2, 0) is 9.05 Å². The molecule has 1 aromatic rings. The van der Waals surface area contributed by atoms with Gasteiger partial charge >= 0.3 is 5.69 Å². The predicted molar refractivity (Wildman–Crippen MR) is 72.0 cm³/mol. The highest BCUT2D eigenvalue weighted by atomic mass is 35.7. The van der Waals surface area contributed by atoms with Gasteiger partial charge in [-0.25, -0.2) is 8.42 Å². The monoisotopic (exact) mass is 325 g/mol. The van der Waals surface area contributed by atoms with Crippen molar-refractivity contribution in [3.63, 3.8) is 0 Å².